The Kier molecular flexibility index (Phi) is 3.99. The third-order valence-corrected chi connectivity index (χ3v) is 3.53. The monoisotopic (exact) mass is 239 g/mol. The van der Waals surface area contributed by atoms with E-state index in [1.807, 2.05) is 0 Å². The molecule has 0 saturated heterocycles. The highest BCUT2D eigenvalue weighted by molar-refractivity contribution is 5.85. The Balaban J connectivity index is 1.87. The van der Waals surface area contributed by atoms with Crippen molar-refractivity contribution in [1.82, 2.24) is 10.2 Å². The standard InChI is InChI=1S/C12H21N3O2/c13-11(16)8-15(10-3-1-2-4-10)12(17)7-14-9-5-6-9/h9-10,14H,1-8H2,(H2,13,16). The SMILES string of the molecule is NC(=O)CN(C(=O)CNC1CC1)C1CCCC1. The number of primary amides is 1. The summed E-state index contributed by atoms with van der Waals surface area (Å²) < 4.78 is 0. The van der Waals surface area contributed by atoms with Gasteiger partial charge in [-0.2, -0.15) is 0 Å². The fourth-order valence-electron chi connectivity index (χ4n) is 2.43. The minimum absolute atomic E-state index is 0.0163. The van der Waals surface area contributed by atoms with E-state index >= 15 is 0 Å². The lowest BCUT2D eigenvalue weighted by Crippen LogP contribution is -2.47. The highest BCUT2D eigenvalue weighted by atomic mass is 16.2. The summed E-state index contributed by atoms with van der Waals surface area (Å²) in [6, 6.07) is 0.731. The van der Waals surface area contributed by atoms with Crippen molar-refractivity contribution >= 4 is 11.8 Å². The lowest BCUT2D eigenvalue weighted by atomic mass is 10.2. The van der Waals surface area contributed by atoms with Crippen molar-refractivity contribution in [3.05, 3.63) is 0 Å². The molecule has 0 atom stereocenters. The van der Waals surface area contributed by atoms with Crippen LogP contribution in [0.4, 0.5) is 0 Å². The van der Waals surface area contributed by atoms with Crippen molar-refractivity contribution in [2.75, 3.05) is 13.1 Å². The quantitative estimate of drug-likeness (QED) is 0.685. The van der Waals surface area contributed by atoms with Crippen molar-refractivity contribution in [3.8, 4) is 0 Å². The van der Waals surface area contributed by atoms with E-state index < -0.39 is 5.91 Å². The van der Waals surface area contributed by atoms with Gasteiger partial charge in [-0.05, 0) is 25.7 Å². The van der Waals surface area contributed by atoms with Crippen LogP contribution in [0.1, 0.15) is 38.5 Å². The van der Waals surface area contributed by atoms with Crippen molar-refractivity contribution in [3.63, 3.8) is 0 Å². The molecule has 0 unspecified atom stereocenters. The van der Waals surface area contributed by atoms with Gasteiger partial charge in [-0.3, -0.25) is 9.59 Å². The van der Waals surface area contributed by atoms with Gasteiger partial charge in [-0.1, -0.05) is 12.8 Å². The largest absolute Gasteiger partial charge is 0.368 e. The number of amides is 2. The van der Waals surface area contributed by atoms with Gasteiger partial charge in [0, 0.05) is 12.1 Å². The average molecular weight is 239 g/mol. The molecule has 0 bridgehead atoms. The van der Waals surface area contributed by atoms with Crippen LogP contribution in [0, 0.1) is 0 Å². The first-order chi connectivity index (χ1) is 8.16. The summed E-state index contributed by atoms with van der Waals surface area (Å²) in [7, 11) is 0. The molecular weight excluding hydrogens is 218 g/mol. The Morgan fingerprint density at radius 2 is 1.82 bits per heavy atom. The number of nitrogens with zero attached hydrogens (tertiary/aromatic N) is 1. The second-order valence-corrected chi connectivity index (χ2v) is 5.08. The van der Waals surface area contributed by atoms with Crippen LogP contribution in [-0.2, 0) is 9.59 Å². The number of rotatable bonds is 6. The molecule has 2 saturated carbocycles. The van der Waals surface area contributed by atoms with Crippen molar-refractivity contribution < 1.29 is 9.59 Å². The molecular formula is C12H21N3O2. The second-order valence-electron chi connectivity index (χ2n) is 5.08. The van der Waals surface area contributed by atoms with Crippen molar-refractivity contribution in [2.24, 2.45) is 5.73 Å². The van der Waals surface area contributed by atoms with Gasteiger partial charge in [0.25, 0.3) is 0 Å². The number of hydrogen-bond acceptors (Lipinski definition) is 3. The summed E-state index contributed by atoms with van der Waals surface area (Å²) in [4.78, 5) is 24.8. The zero-order chi connectivity index (χ0) is 12.3. The predicted octanol–water partition coefficient (Wildman–Crippen LogP) is -0.00510. The number of carbonyl (C=O) groups excluding carboxylic acids is 2. The maximum atomic E-state index is 12.1. The van der Waals surface area contributed by atoms with Gasteiger partial charge in [0.1, 0.15) is 0 Å². The Morgan fingerprint density at radius 3 is 2.35 bits per heavy atom. The summed E-state index contributed by atoms with van der Waals surface area (Å²) in [5, 5.41) is 3.19. The van der Waals surface area contributed by atoms with Gasteiger partial charge >= 0.3 is 0 Å². The third-order valence-electron chi connectivity index (χ3n) is 3.53. The molecule has 5 nitrogen and oxygen atoms in total. The van der Waals surface area contributed by atoms with E-state index in [2.05, 4.69) is 5.32 Å². The van der Waals surface area contributed by atoms with Gasteiger partial charge < -0.3 is 16.0 Å². The van der Waals surface area contributed by atoms with E-state index in [9.17, 15) is 9.59 Å². The number of nitrogens with two attached hydrogens (primary N) is 1. The Hall–Kier alpha value is -1.10. The zero-order valence-corrected chi connectivity index (χ0v) is 10.2. The molecule has 0 aromatic rings. The van der Waals surface area contributed by atoms with Crippen LogP contribution < -0.4 is 11.1 Å². The molecule has 17 heavy (non-hydrogen) atoms. The predicted molar refractivity (Wildman–Crippen MR) is 64.2 cm³/mol. The fourth-order valence-corrected chi connectivity index (χ4v) is 2.43. The Labute approximate surface area is 102 Å². The van der Waals surface area contributed by atoms with E-state index in [0.29, 0.717) is 12.6 Å². The molecule has 0 aromatic heterocycles. The molecule has 5 heteroatoms. The first-order valence-electron chi connectivity index (χ1n) is 6.48. The molecule has 0 radical (unpaired) electrons. The summed E-state index contributed by atoms with van der Waals surface area (Å²) in [6.07, 6.45) is 6.61. The molecule has 0 spiro atoms. The summed E-state index contributed by atoms with van der Waals surface area (Å²) >= 11 is 0. The minimum Gasteiger partial charge on any atom is -0.368 e. The average Bonchev–Trinajstić information content (AvgIpc) is 2.96. The highest BCUT2D eigenvalue weighted by Gasteiger charge is 2.29. The first-order valence-corrected chi connectivity index (χ1v) is 6.48. The highest BCUT2D eigenvalue weighted by Crippen LogP contribution is 2.23. The molecule has 2 amide bonds. The molecule has 0 aromatic carbocycles. The molecule has 2 aliphatic carbocycles. The van der Waals surface area contributed by atoms with Crippen molar-refractivity contribution in [1.29, 1.82) is 0 Å². The molecule has 96 valence electrons. The Bertz CT molecular complexity index is 296. The van der Waals surface area contributed by atoms with Crippen LogP contribution in [0.25, 0.3) is 0 Å². The van der Waals surface area contributed by atoms with E-state index in [0.717, 1.165) is 38.5 Å². The van der Waals surface area contributed by atoms with Gasteiger partial charge in [-0.25, -0.2) is 0 Å². The van der Waals surface area contributed by atoms with Crippen LogP contribution in [0.5, 0.6) is 0 Å². The van der Waals surface area contributed by atoms with E-state index in [4.69, 9.17) is 5.73 Å². The molecule has 3 N–H and O–H groups in total. The first kappa shape index (κ1) is 12.4. The van der Waals surface area contributed by atoms with Crippen LogP contribution in [0.3, 0.4) is 0 Å². The lowest BCUT2D eigenvalue weighted by molar-refractivity contribution is -0.136. The van der Waals surface area contributed by atoms with Crippen LogP contribution >= 0.6 is 0 Å². The molecule has 2 rings (SSSR count). The topological polar surface area (TPSA) is 75.4 Å². The molecule has 0 heterocycles. The summed E-state index contributed by atoms with van der Waals surface area (Å²) in [5.41, 5.74) is 5.21. The maximum absolute atomic E-state index is 12.1. The maximum Gasteiger partial charge on any atom is 0.237 e. The van der Waals surface area contributed by atoms with E-state index in [1.165, 1.54) is 0 Å². The summed E-state index contributed by atoms with van der Waals surface area (Å²) in [5.74, 6) is -0.403. The van der Waals surface area contributed by atoms with Gasteiger partial charge in [-0.15, -0.1) is 0 Å². The third kappa shape index (κ3) is 3.70. The van der Waals surface area contributed by atoms with Crippen LogP contribution in [0.15, 0.2) is 0 Å². The Morgan fingerprint density at radius 1 is 1.18 bits per heavy atom. The molecule has 2 aliphatic rings. The van der Waals surface area contributed by atoms with Gasteiger partial charge in [0.15, 0.2) is 0 Å². The zero-order valence-electron chi connectivity index (χ0n) is 10.2. The molecule has 2 fully saturated rings. The summed E-state index contributed by atoms with van der Waals surface area (Å²) in [6.45, 7) is 0.407. The molecule has 0 aliphatic heterocycles. The normalized spacial score (nSPS) is 20.5. The van der Waals surface area contributed by atoms with Crippen LogP contribution in [0.2, 0.25) is 0 Å². The number of nitrogens with one attached hydrogen (secondary N) is 1. The van der Waals surface area contributed by atoms with E-state index in [1.54, 1.807) is 4.90 Å². The number of hydrogen-bond donors (Lipinski definition) is 2. The van der Waals surface area contributed by atoms with Gasteiger partial charge in [0.2, 0.25) is 11.8 Å². The van der Waals surface area contributed by atoms with Crippen molar-refractivity contribution in [2.45, 2.75) is 50.6 Å². The number of carbonyl (C=O) groups is 2. The van der Waals surface area contributed by atoms with Crippen LogP contribution in [-0.4, -0.2) is 41.9 Å². The fraction of sp³-hybridized carbons (Fsp3) is 0.833. The van der Waals surface area contributed by atoms with E-state index in [-0.39, 0.29) is 18.5 Å². The lowest BCUT2D eigenvalue weighted by Gasteiger charge is -2.28. The second kappa shape index (κ2) is 5.49. The smallest absolute Gasteiger partial charge is 0.237 e. The minimum atomic E-state index is -0.420. The van der Waals surface area contributed by atoms with Gasteiger partial charge in [0.05, 0.1) is 13.1 Å².